The van der Waals surface area contributed by atoms with Gasteiger partial charge in [0.25, 0.3) is 5.78 Å². The van der Waals surface area contributed by atoms with Gasteiger partial charge in [0.15, 0.2) is 0 Å². The predicted molar refractivity (Wildman–Crippen MR) is 62.1 cm³/mol. The number of hydrogen-bond acceptors (Lipinski definition) is 4. The maximum Gasteiger partial charge on any atom is 0.407 e. The first-order valence-corrected chi connectivity index (χ1v) is 5.20. The van der Waals surface area contributed by atoms with Crippen LogP contribution in [-0.4, -0.2) is 36.1 Å². The third kappa shape index (κ3) is 3.89. The molecule has 0 radical (unpaired) electrons. The highest BCUT2D eigenvalue weighted by Crippen LogP contribution is 2.04. The minimum absolute atomic E-state index is 0.0983. The Kier molecular flexibility index (Phi) is 4.86. The van der Waals surface area contributed by atoms with Crippen molar-refractivity contribution in [1.82, 2.24) is 5.32 Å². The van der Waals surface area contributed by atoms with Gasteiger partial charge in [0.1, 0.15) is 6.04 Å². The monoisotopic (exact) mass is 251 g/mol. The predicted octanol–water partition coefficient (Wildman–Crippen LogP) is 0.607. The van der Waals surface area contributed by atoms with Crippen molar-refractivity contribution in [3.8, 4) is 0 Å². The van der Waals surface area contributed by atoms with Crippen molar-refractivity contribution in [2.24, 2.45) is 0 Å². The Morgan fingerprint density at radius 2 is 1.89 bits per heavy atom. The fourth-order valence-electron chi connectivity index (χ4n) is 1.41. The number of carboxylic acid groups (broad SMARTS) is 1. The van der Waals surface area contributed by atoms with Crippen LogP contribution in [0.4, 0.5) is 4.79 Å². The van der Waals surface area contributed by atoms with Crippen LogP contribution in [0.15, 0.2) is 30.3 Å². The molecule has 1 amide bonds. The molecule has 0 aliphatic carbocycles. The van der Waals surface area contributed by atoms with Crippen molar-refractivity contribution >= 4 is 17.8 Å². The molecular weight excluding hydrogens is 238 g/mol. The number of carboxylic acids is 1. The molecule has 6 heteroatoms. The minimum Gasteiger partial charge on any atom is -0.475 e. The van der Waals surface area contributed by atoms with E-state index in [-0.39, 0.29) is 6.42 Å². The molecule has 0 fully saturated rings. The molecule has 0 saturated carbocycles. The highest BCUT2D eigenvalue weighted by Gasteiger charge is 2.26. The van der Waals surface area contributed by atoms with Crippen molar-refractivity contribution in [1.29, 1.82) is 0 Å². The Hall–Kier alpha value is -2.37. The second kappa shape index (κ2) is 6.39. The van der Waals surface area contributed by atoms with Crippen LogP contribution >= 0.6 is 0 Å². The maximum atomic E-state index is 11.4. The van der Waals surface area contributed by atoms with Gasteiger partial charge in [0.05, 0.1) is 7.11 Å². The summed E-state index contributed by atoms with van der Waals surface area (Å²) in [6, 6.07) is 7.65. The lowest BCUT2D eigenvalue weighted by Gasteiger charge is -2.14. The van der Waals surface area contributed by atoms with Gasteiger partial charge >= 0.3 is 12.1 Å². The lowest BCUT2D eigenvalue weighted by Crippen LogP contribution is -2.45. The van der Waals surface area contributed by atoms with Gasteiger partial charge in [-0.3, -0.25) is 4.79 Å². The summed E-state index contributed by atoms with van der Waals surface area (Å²) in [4.78, 5) is 33.1. The van der Waals surface area contributed by atoms with Crippen molar-refractivity contribution in [3.05, 3.63) is 35.9 Å². The van der Waals surface area contributed by atoms with E-state index in [2.05, 4.69) is 10.1 Å². The van der Waals surface area contributed by atoms with Crippen LogP contribution in [0, 0.1) is 0 Å². The van der Waals surface area contributed by atoms with Gasteiger partial charge in [-0.15, -0.1) is 0 Å². The van der Waals surface area contributed by atoms with Crippen molar-refractivity contribution in [3.63, 3.8) is 0 Å². The number of alkyl carbamates (subject to hydrolysis) is 1. The van der Waals surface area contributed by atoms with E-state index in [1.165, 1.54) is 0 Å². The zero-order valence-electron chi connectivity index (χ0n) is 9.75. The third-order valence-corrected chi connectivity index (χ3v) is 2.29. The first-order chi connectivity index (χ1) is 8.54. The molecule has 96 valence electrons. The molecule has 0 saturated heterocycles. The number of rotatable bonds is 5. The second-order valence-electron chi connectivity index (χ2n) is 3.55. The summed E-state index contributed by atoms with van der Waals surface area (Å²) in [5, 5.41) is 10.9. The van der Waals surface area contributed by atoms with Crippen LogP contribution in [0.5, 0.6) is 0 Å². The summed E-state index contributed by atoms with van der Waals surface area (Å²) in [5.41, 5.74) is 0.744. The lowest BCUT2D eigenvalue weighted by molar-refractivity contribution is -0.150. The Bertz CT molecular complexity index is 443. The summed E-state index contributed by atoms with van der Waals surface area (Å²) in [6.07, 6.45) is -0.744. The number of carbonyl (C=O) groups excluding carboxylic acids is 2. The molecule has 0 aliphatic heterocycles. The average molecular weight is 251 g/mol. The summed E-state index contributed by atoms with van der Waals surface area (Å²) in [6.45, 7) is 0. The molecule has 1 rings (SSSR count). The normalized spacial score (nSPS) is 11.4. The molecule has 0 heterocycles. The highest BCUT2D eigenvalue weighted by atomic mass is 16.5. The summed E-state index contributed by atoms with van der Waals surface area (Å²) < 4.78 is 4.35. The molecule has 1 aromatic rings. The molecule has 0 spiro atoms. The summed E-state index contributed by atoms with van der Waals surface area (Å²) in [7, 11) is 1.14. The van der Waals surface area contributed by atoms with Crippen LogP contribution in [0.3, 0.4) is 0 Å². The largest absolute Gasteiger partial charge is 0.475 e. The van der Waals surface area contributed by atoms with Gasteiger partial charge in [-0.05, 0) is 5.56 Å². The molecule has 0 unspecified atom stereocenters. The van der Waals surface area contributed by atoms with E-state index in [9.17, 15) is 14.4 Å². The second-order valence-corrected chi connectivity index (χ2v) is 3.55. The standard InChI is InChI=1S/C12H13NO5/c1-18-12(17)13-9(10(14)11(15)16)7-8-5-3-2-4-6-8/h2-6,9H,7H2,1H3,(H,13,17)(H,15,16)/t9-/m0/s1. The molecule has 2 N–H and O–H groups in total. The SMILES string of the molecule is COC(=O)N[C@@H](Cc1ccccc1)C(=O)C(=O)O. The number of ether oxygens (including phenoxy) is 1. The molecule has 1 aromatic carbocycles. The Balaban J connectivity index is 2.81. The lowest BCUT2D eigenvalue weighted by atomic mass is 10.0. The van der Waals surface area contributed by atoms with Crippen LogP contribution in [-0.2, 0) is 20.7 Å². The number of methoxy groups -OCH3 is 1. The van der Waals surface area contributed by atoms with Crippen molar-refractivity contribution < 1.29 is 24.2 Å². The van der Waals surface area contributed by atoms with Crippen molar-refractivity contribution in [2.75, 3.05) is 7.11 Å². The first-order valence-electron chi connectivity index (χ1n) is 5.20. The van der Waals surface area contributed by atoms with E-state index in [0.717, 1.165) is 12.7 Å². The Morgan fingerprint density at radius 1 is 1.28 bits per heavy atom. The van der Waals surface area contributed by atoms with E-state index < -0.39 is 23.9 Å². The number of Topliss-reactive ketones (excluding diaryl/α,β-unsaturated/α-hetero) is 1. The molecule has 0 bridgehead atoms. The topological polar surface area (TPSA) is 92.7 Å². The van der Waals surface area contributed by atoms with Gasteiger partial charge < -0.3 is 15.2 Å². The zero-order valence-corrected chi connectivity index (χ0v) is 9.75. The first kappa shape index (κ1) is 13.7. The van der Waals surface area contributed by atoms with Crippen LogP contribution in [0.2, 0.25) is 0 Å². The number of ketones is 1. The average Bonchev–Trinajstić information content (AvgIpc) is 2.38. The molecule has 0 aliphatic rings. The van der Waals surface area contributed by atoms with Gasteiger partial charge in [-0.25, -0.2) is 9.59 Å². The number of benzene rings is 1. The van der Waals surface area contributed by atoms with Gasteiger partial charge in [-0.1, -0.05) is 30.3 Å². The third-order valence-electron chi connectivity index (χ3n) is 2.29. The molecule has 6 nitrogen and oxygen atoms in total. The van der Waals surface area contributed by atoms with E-state index in [0.29, 0.717) is 0 Å². The highest BCUT2D eigenvalue weighted by molar-refractivity contribution is 6.35. The van der Waals surface area contributed by atoms with Crippen LogP contribution < -0.4 is 5.32 Å². The molecule has 18 heavy (non-hydrogen) atoms. The molecular formula is C12H13NO5. The molecule has 0 aromatic heterocycles. The Labute approximate surface area is 104 Å². The number of carbonyl (C=O) groups is 3. The number of aliphatic carboxylic acids is 1. The van der Waals surface area contributed by atoms with Gasteiger partial charge in [0.2, 0.25) is 0 Å². The quantitative estimate of drug-likeness (QED) is 0.748. The zero-order chi connectivity index (χ0) is 13.5. The number of amides is 1. The Morgan fingerprint density at radius 3 is 2.39 bits per heavy atom. The molecule has 1 atom stereocenters. The van der Waals surface area contributed by atoms with Gasteiger partial charge in [-0.2, -0.15) is 0 Å². The van der Waals surface area contributed by atoms with Crippen LogP contribution in [0.1, 0.15) is 5.56 Å². The smallest absolute Gasteiger partial charge is 0.407 e. The minimum atomic E-state index is -1.59. The fraction of sp³-hybridized carbons (Fsp3) is 0.250. The van der Waals surface area contributed by atoms with Gasteiger partial charge in [0, 0.05) is 6.42 Å². The summed E-state index contributed by atoms with van der Waals surface area (Å²) in [5.74, 6) is -2.67. The summed E-state index contributed by atoms with van der Waals surface area (Å²) >= 11 is 0. The van der Waals surface area contributed by atoms with E-state index in [4.69, 9.17) is 5.11 Å². The number of hydrogen-bond donors (Lipinski definition) is 2. The van der Waals surface area contributed by atoms with E-state index >= 15 is 0 Å². The van der Waals surface area contributed by atoms with Crippen molar-refractivity contribution in [2.45, 2.75) is 12.5 Å². The maximum absolute atomic E-state index is 11.4. The van der Waals surface area contributed by atoms with Crippen LogP contribution in [0.25, 0.3) is 0 Å². The van der Waals surface area contributed by atoms with E-state index in [1.807, 2.05) is 0 Å². The number of nitrogens with one attached hydrogen (secondary N) is 1. The van der Waals surface area contributed by atoms with E-state index in [1.54, 1.807) is 30.3 Å². The fourth-order valence-corrected chi connectivity index (χ4v) is 1.41.